The van der Waals surface area contributed by atoms with E-state index in [2.05, 4.69) is 5.10 Å². The molecule has 110 valence electrons. The molecule has 2 heterocycles. The van der Waals surface area contributed by atoms with Gasteiger partial charge in [0, 0.05) is 17.5 Å². The molecule has 0 saturated carbocycles. The average Bonchev–Trinajstić information content (AvgIpc) is 2.48. The zero-order chi connectivity index (χ0) is 15.7. The molecule has 0 saturated heterocycles. The van der Waals surface area contributed by atoms with Crippen LogP contribution in [0.3, 0.4) is 0 Å². The summed E-state index contributed by atoms with van der Waals surface area (Å²) in [6.07, 6.45) is 1.12. The van der Waals surface area contributed by atoms with Gasteiger partial charge >= 0.3 is 5.63 Å². The number of rotatable bonds is 2. The van der Waals surface area contributed by atoms with Crippen LogP contribution in [0.5, 0.6) is 5.75 Å². The molecule has 0 unspecified atom stereocenters. The van der Waals surface area contributed by atoms with E-state index in [-0.39, 0.29) is 16.9 Å². The summed E-state index contributed by atoms with van der Waals surface area (Å²) in [5, 5.41) is 14.6. The van der Waals surface area contributed by atoms with Crippen LogP contribution in [0.25, 0.3) is 10.9 Å². The van der Waals surface area contributed by atoms with Crippen LogP contribution in [0, 0.1) is 6.92 Å². The maximum Gasteiger partial charge on any atom is 0.348 e. The number of hydrogen-bond acceptors (Lipinski definition) is 5. The molecule has 0 spiro atoms. The number of fused-ring (bicyclic) bond motifs is 1. The average molecular weight is 296 g/mol. The molecule has 0 fully saturated rings. The molecule has 1 N–H and O–H groups in total. The minimum Gasteiger partial charge on any atom is -0.507 e. The molecule has 0 bridgehead atoms. The molecular formula is C16H12N2O4. The molecule has 0 aliphatic heterocycles. The van der Waals surface area contributed by atoms with Gasteiger partial charge in [-0.3, -0.25) is 4.79 Å². The highest BCUT2D eigenvalue weighted by molar-refractivity contribution is 5.84. The monoisotopic (exact) mass is 296 g/mol. The first-order valence-electron chi connectivity index (χ1n) is 6.55. The molecule has 0 aliphatic rings. The molecular weight excluding hydrogens is 284 g/mol. The zero-order valence-electron chi connectivity index (χ0n) is 11.7. The van der Waals surface area contributed by atoms with Crippen molar-refractivity contribution in [1.29, 1.82) is 0 Å². The van der Waals surface area contributed by atoms with E-state index in [1.807, 2.05) is 12.1 Å². The van der Waals surface area contributed by atoms with E-state index < -0.39 is 5.63 Å². The lowest BCUT2D eigenvalue weighted by atomic mass is 10.2. The number of hydrogen-bond donors (Lipinski definition) is 1. The van der Waals surface area contributed by atoms with Gasteiger partial charge in [0.1, 0.15) is 17.1 Å². The summed E-state index contributed by atoms with van der Waals surface area (Å²) in [4.78, 5) is 23.7. The van der Waals surface area contributed by atoms with Gasteiger partial charge in [0.25, 0.3) is 5.56 Å². The Morgan fingerprint density at radius 1 is 1.18 bits per heavy atom. The van der Waals surface area contributed by atoms with Crippen LogP contribution in [0.4, 0.5) is 0 Å². The number of nitrogens with zero attached hydrogens (tertiary/aromatic N) is 2. The van der Waals surface area contributed by atoms with Crippen LogP contribution in [-0.2, 0) is 0 Å². The predicted octanol–water partition coefficient (Wildman–Crippen LogP) is 1.85. The molecule has 0 aliphatic carbocycles. The molecule has 6 nitrogen and oxygen atoms in total. The van der Waals surface area contributed by atoms with Gasteiger partial charge in [0.2, 0.25) is 0 Å². The van der Waals surface area contributed by atoms with Crippen LogP contribution in [0.1, 0.15) is 11.3 Å². The number of aryl methyl sites for hydroxylation is 1. The molecule has 0 radical (unpaired) electrons. The minimum absolute atomic E-state index is 0.106. The van der Waals surface area contributed by atoms with Gasteiger partial charge in [-0.25, -0.2) is 4.79 Å². The van der Waals surface area contributed by atoms with Gasteiger partial charge in [-0.05, 0) is 19.1 Å². The van der Waals surface area contributed by atoms with Crippen LogP contribution in [-0.4, -0.2) is 16.0 Å². The zero-order valence-corrected chi connectivity index (χ0v) is 11.7. The van der Waals surface area contributed by atoms with Gasteiger partial charge in [-0.2, -0.15) is 9.78 Å². The third-order valence-electron chi connectivity index (χ3n) is 3.17. The standard InChI is InChI=1S/C16H12N2O4/c1-10-8-14(19)12(16(21)22-10)9-17-18-13-5-3-2-4-11(13)6-7-15(18)20/h2-9,19H,1H3. The van der Waals surface area contributed by atoms with E-state index in [1.54, 1.807) is 25.1 Å². The lowest BCUT2D eigenvalue weighted by Gasteiger charge is -2.04. The van der Waals surface area contributed by atoms with Crippen molar-refractivity contribution < 1.29 is 9.52 Å². The van der Waals surface area contributed by atoms with Crippen LogP contribution in [0.15, 0.2) is 61.6 Å². The number of pyridine rings is 1. The van der Waals surface area contributed by atoms with E-state index in [0.717, 1.165) is 16.3 Å². The van der Waals surface area contributed by atoms with Gasteiger partial charge in [-0.1, -0.05) is 18.2 Å². The predicted molar refractivity (Wildman–Crippen MR) is 82.6 cm³/mol. The Morgan fingerprint density at radius 3 is 2.73 bits per heavy atom. The number of aromatic hydroxyl groups is 1. The quantitative estimate of drug-likeness (QED) is 0.731. The Morgan fingerprint density at radius 2 is 1.95 bits per heavy atom. The van der Waals surface area contributed by atoms with Crippen molar-refractivity contribution in [3.63, 3.8) is 0 Å². The van der Waals surface area contributed by atoms with E-state index in [1.165, 1.54) is 12.1 Å². The van der Waals surface area contributed by atoms with Crippen molar-refractivity contribution in [2.45, 2.75) is 6.92 Å². The van der Waals surface area contributed by atoms with E-state index in [9.17, 15) is 14.7 Å². The first-order chi connectivity index (χ1) is 10.6. The Balaban J connectivity index is 2.17. The molecule has 6 heteroatoms. The summed E-state index contributed by atoms with van der Waals surface area (Å²) in [6, 6.07) is 11.6. The molecule has 0 atom stereocenters. The lowest BCUT2D eigenvalue weighted by molar-refractivity contribution is 0.433. The van der Waals surface area contributed by atoms with Crippen molar-refractivity contribution in [2.24, 2.45) is 5.10 Å². The largest absolute Gasteiger partial charge is 0.507 e. The normalized spacial score (nSPS) is 11.3. The summed E-state index contributed by atoms with van der Waals surface area (Å²) < 4.78 is 6.06. The smallest absolute Gasteiger partial charge is 0.348 e. The molecule has 0 amide bonds. The fraction of sp³-hybridized carbons (Fsp3) is 0.0625. The third kappa shape index (κ3) is 2.42. The van der Waals surface area contributed by atoms with Crippen molar-refractivity contribution >= 4 is 17.1 Å². The van der Waals surface area contributed by atoms with Crippen molar-refractivity contribution in [3.05, 3.63) is 74.6 Å². The summed E-state index contributed by atoms with van der Waals surface area (Å²) >= 11 is 0. The van der Waals surface area contributed by atoms with Crippen LogP contribution < -0.4 is 11.2 Å². The Labute approximate surface area is 124 Å². The summed E-state index contributed by atoms with van der Waals surface area (Å²) in [5.74, 6) is 0.0489. The van der Waals surface area contributed by atoms with Crippen LogP contribution in [0.2, 0.25) is 0 Å². The first-order valence-corrected chi connectivity index (χ1v) is 6.55. The summed E-state index contributed by atoms with van der Waals surface area (Å²) in [7, 11) is 0. The van der Waals surface area contributed by atoms with E-state index in [4.69, 9.17) is 4.42 Å². The summed E-state index contributed by atoms with van der Waals surface area (Å²) in [5.41, 5.74) is -0.562. The highest BCUT2D eigenvalue weighted by atomic mass is 16.4. The third-order valence-corrected chi connectivity index (χ3v) is 3.17. The fourth-order valence-electron chi connectivity index (χ4n) is 2.13. The topological polar surface area (TPSA) is 84.8 Å². The lowest BCUT2D eigenvalue weighted by Crippen LogP contribution is -2.16. The highest BCUT2D eigenvalue weighted by Crippen LogP contribution is 2.13. The highest BCUT2D eigenvalue weighted by Gasteiger charge is 2.08. The molecule has 1 aromatic carbocycles. The summed E-state index contributed by atoms with van der Waals surface area (Å²) in [6.45, 7) is 1.55. The molecule has 22 heavy (non-hydrogen) atoms. The van der Waals surface area contributed by atoms with E-state index >= 15 is 0 Å². The van der Waals surface area contributed by atoms with Gasteiger partial charge in [0.05, 0.1) is 11.7 Å². The van der Waals surface area contributed by atoms with E-state index in [0.29, 0.717) is 11.3 Å². The minimum atomic E-state index is -0.713. The van der Waals surface area contributed by atoms with Crippen molar-refractivity contribution in [3.8, 4) is 5.75 Å². The Kier molecular flexibility index (Phi) is 3.34. The second kappa shape index (κ2) is 5.33. The van der Waals surface area contributed by atoms with Gasteiger partial charge < -0.3 is 9.52 Å². The Bertz CT molecular complexity index is 999. The maximum absolute atomic E-state index is 12.0. The number of aromatic nitrogens is 1. The number of benzene rings is 1. The Hall–Kier alpha value is -3.15. The van der Waals surface area contributed by atoms with Crippen molar-refractivity contribution in [2.75, 3.05) is 0 Å². The molecule has 3 rings (SSSR count). The molecule has 2 aromatic heterocycles. The first kappa shape index (κ1) is 13.8. The number of para-hydroxylation sites is 1. The second-order valence-corrected chi connectivity index (χ2v) is 4.73. The van der Waals surface area contributed by atoms with Crippen LogP contribution >= 0.6 is 0 Å². The fourth-order valence-corrected chi connectivity index (χ4v) is 2.13. The van der Waals surface area contributed by atoms with Gasteiger partial charge in [0.15, 0.2) is 0 Å². The maximum atomic E-state index is 12.0. The second-order valence-electron chi connectivity index (χ2n) is 4.73. The molecule has 3 aromatic rings. The van der Waals surface area contributed by atoms with Gasteiger partial charge in [-0.15, -0.1) is 0 Å². The SMILES string of the molecule is Cc1cc(O)c(C=Nn2c(=O)ccc3ccccc32)c(=O)o1. The van der Waals surface area contributed by atoms with Crippen molar-refractivity contribution in [1.82, 2.24) is 4.68 Å².